The van der Waals surface area contributed by atoms with Gasteiger partial charge in [0.2, 0.25) is 0 Å². The van der Waals surface area contributed by atoms with Gasteiger partial charge in [-0.2, -0.15) is 0 Å². The van der Waals surface area contributed by atoms with Gasteiger partial charge < -0.3 is 8.85 Å². The Balaban J connectivity index is 4.51. The molecule has 13 heavy (non-hydrogen) atoms. The topological polar surface area (TPSA) is 18.5 Å². The van der Waals surface area contributed by atoms with E-state index in [1.54, 1.807) is 0 Å². The van der Waals surface area contributed by atoms with E-state index in [1.165, 1.54) is 0 Å². The lowest BCUT2D eigenvalue weighted by molar-refractivity contribution is 0.185. The Bertz CT molecular complexity index is 142. The average molecular weight is 202 g/mol. The lowest BCUT2D eigenvalue weighted by Gasteiger charge is -2.31. The molecule has 0 aliphatic rings. The van der Waals surface area contributed by atoms with Crippen LogP contribution in [0.3, 0.4) is 0 Å². The molecular formula is C10H22O2Si. The summed E-state index contributed by atoms with van der Waals surface area (Å²) in [5.74, 6) is 0. The summed E-state index contributed by atoms with van der Waals surface area (Å²) in [5.41, 5.74) is 2.39. The minimum Gasteiger partial charge on any atom is -0.391 e. The highest BCUT2D eigenvalue weighted by molar-refractivity contribution is 6.73. The maximum atomic E-state index is 5.77. The van der Waals surface area contributed by atoms with Crippen molar-refractivity contribution in [2.75, 3.05) is 13.2 Å². The zero-order valence-electron chi connectivity index (χ0n) is 9.30. The second-order valence-corrected chi connectivity index (χ2v) is 6.51. The maximum absolute atomic E-state index is 5.77. The van der Waals surface area contributed by atoms with Crippen LogP contribution >= 0.6 is 0 Å². The first kappa shape index (κ1) is 12.9. The molecule has 0 fully saturated rings. The molecule has 0 aliphatic carbocycles. The van der Waals surface area contributed by atoms with Gasteiger partial charge in [-0.1, -0.05) is 20.3 Å². The van der Waals surface area contributed by atoms with E-state index in [-0.39, 0.29) is 0 Å². The molecule has 1 atom stereocenters. The third-order valence-electron chi connectivity index (χ3n) is 2.32. The van der Waals surface area contributed by atoms with E-state index in [0.29, 0.717) is 18.8 Å². The summed E-state index contributed by atoms with van der Waals surface area (Å²) in [7, 11) is -2.11. The zero-order chi connectivity index (χ0) is 10.3. The highest BCUT2D eigenvalue weighted by atomic mass is 28.4. The van der Waals surface area contributed by atoms with E-state index >= 15 is 0 Å². The Kier molecular flexibility index (Phi) is 6.29. The van der Waals surface area contributed by atoms with Crippen molar-refractivity contribution in [3.63, 3.8) is 0 Å². The van der Waals surface area contributed by atoms with Crippen LogP contribution in [0, 0.1) is 0 Å². The Labute approximate surface area is 83.2 Å². The lowest BCUT2D eigenvalue weighted by atomic mass is 10.4. The third kappa shape index (κ3) is 3.25. The molecule has 0 saturated heterocycles. The molecule has 78 valence electrons. The zero-order valence-corrected chi connectivity index (χ0v) is 10.3. The molecule has 0 aromatic carbocycles. The molecule has 0 amide bonds. The SMILES string of the molecule is C=C[Si](OCC)(OCC)C(C)CC. The Morgan fingerprint density at radius 3 is 1.92 bits per heavy atom. The fourth-order valence-electron chi connectivity index (χ4n) is 1.38. The molecule has 0 aromatic rings. The highest BCUT2D eigenvalue weighted by Crippen LogP contribution is 2.27. The van der Waals surface area contributed by atoms with Gasteiger partial charge in [0.05, 0.1) is 0 Å². The van der Waals surface area contributed by atoms with Gasteiger partial charge in [-0.05, 0) is 19.5 Å². The van der Waals surface area contributed by atoms with Gasteiger partial charge in [0.25, 0.3) is 0 Å². The van der Waals surface area contributed by atoms with Crippen molar-refractivity contribution >= 4 is 8.56 Å². The van der Waals surface area contributed by atoms with Crippen LogP contribution in [-0.4, -0.2) is 21.8 Å². The summed E-state index contributed by atoms with van der Waals surface area (Å²) < 4.78 is 11.5. The molecular weight excluding hydrogens is 180 g/mol. The summed E-state index contributed by atoms with van der Waals surface area (Å²) in [4.78, 5) is 0. The van der Waals surface area contributed by atoms with Crippen LogP contribution in [0.15, 0.2) is 12.3 Å². The summed E-state index contributed by atoms with van der Waals surface area (Å²) in [5, 5.41) is 0. The quantitative estimate of drug-likeness (QED) is 0.591. The van der Waals surface area contributed by atoms with E-state index in [2.05, 4.69) is 20.4 Å². The van der Waals surface area contributed by atoms with Crippen LogP contribution in [0.5, 0.6) is 0 Å². The molecule has 0 bridgehead atoms. The van der Waals surface area contributed by atoms with Gasteiger partial charge in [0.15, 0.2) is 0 Å². The van der Waals surface area contributed by atoms with Crippen LogP contribution in [0.2, 0.25) is 5.54 Å². The van der Waals surface area contributed by atoms with Crippen LogP contribution in [0.4, 0.5) is 0 Å². The molecule has 3 heteroatoms. The van der Waals surface area contributed by atoms with E-state index in [0.717, 1.165) is 6.42 Å². The number of rotatable bonds is 7. The molecule has 0 aliphatic heterocycles. The lowest BCUT2D eigenvalue weighted by Crippen LogP contribution is -2.44. The van der Waals surface area contributed by atoms with Gasteiger partial charge in [-0.15, -0.1) is 6.58 Å². The van der Waals surface area contributed by atoms with Gasteiger partial charge in [0, 0.05) is 18.8 Å². The molecule has 0 spiro atoms. The van der Waals surface area contributed by atoms with E-state index < -0.39 is 8.56 Å². The van der Waals surface area contributed by atoms with Gasteiger partial charge in [-0.25, -0.2) is 0 Å². The second kappa shape index (κ2) is 6.35. The number of hydrogen-bond donors (Lipinski definition) is 0. The summed E-state index contributed by atoms with van der Waals surface area (Å²) in [6.45, 7) is 13.6. The fraction of sp³-hybridized carbons (Fsp3) is 0.800. The maximum Gasteiger partial charge on any atom is 0.367 e. The first-order valence-electron chi connectivity index (χ1n) is 5.08. The molecule has 0 heterocycles. The minimum absolute atomic E-state index is 0.477. The first-order chi connectivity index (χ1) is 6.16. The standard InChI is InChI=1S/C10H22O2Si/c1-6-10(5)13(9-4,11-7-2)12-8-3/h9-10H,4,6-8H2,1-3,5H3. The van der Waals surface area contributed by atoms with Crippen molar-refractivity contribution in [1.82, 2.24) is 0 Å². The fourth-order valence-corrected chi connectivity index (χ4v) is 4.14. The molecule has 1 unspecified atom stereocenters. The first-order valence-corrected chi connectivity index (χ1v) is 7.05. The molecule has 0 saturated carbocycles. The van der Waals surface area contributed by atoms with E-state index in [9.17, 15) is 0 Å². The van der Waals surface area contributed by atoms with Gasteiger partial charge >= 0.3 is 8.56 Å². The molecule has 0 aromatic heterocycles. The Morgan fingerprint density at radius 1 is 1.23 bits per heavy atom. The van der Waals surface area contributed by atoms with Crippen LogP contribution < -0.4 is 0 Å². The predicted molar refractivity (Wildman–Crippen MR) is 58.9 cm³/mol. The van der Waals surface area contributed by atoms with Crippen LogP contribution in [0.1, 0.15) is 34.1 Å². The Morgan fingerprint density at radius 2 is 1.69 bits per heavy atom. The van der Waals surface area contributed by atoms with Crippen molar-refractivity contribution in [1.29, 1.82) is 0 Å². The van der Waals surface area contributed by atoms with Crippen LogP contribution in [0.25, 0.3) is 0 Å². The molecule has 0 rings (SSSR count). The average Bonchev–Trinajstić information content (AvgIpc) is 2.16. The molecule has 2 nitrogen and oxygen atoms in total. The smallest absolute Gasteiger partial charge is 0.367 e. The highest BCUT2D eigenvalue weighted by Gasteiger charge is 2.39. The molecule has 0 radical (unpaired) electrons. The van der Waals surface area contributed by atoms with E-state index in [1.807, 2.05) is 19.5 Å². The van der Waals surface area contributed by atoms with Crippen molar-refractivity contribution in [3.05, 3.63) is 12.3 Å². The van der Waals surface area contributed by atoms with E-state index in [4.69, 9.17) is 8.85 Å². The Hall–Kier alpha value is -0.123. The third-order valence-corrected chi connectivity index (χ3v) is 6.15. The predicted octanol–water partition coefficient (Wildman–Crippen LogP) is 3.03. The summed E-state index contributed by atoms with van der Waals surface area (Å²) in [6, 6.07) is 0. The van der Waals surface area contributed by atoms with Gasteiger partial charge in [0.1, 0.15) is 0 Å². The van der Waals surface area contributed by atoms with Crippen molar-refractivity contribution in [2.45, 2.75) is 39.7 Å². The normalized spacial score (nSPS) is 14.2. The van der Waals surface area contributed by atoms with Crippen molar-refractivity contribution in [2.24, 2.45) is 0 Å². The minimum atomic E-state index is -2.11. The van der Waals surface area contributed by atoms with Gasteiger partial charge in [-0.3, -0.25) is 0 Å². The largest absolute Gasteiger partial charge is 0.391 e. The summed E-state index contributed by atoms with van der Waals surface area (Å²) in [6.07, 6.45) is 1.08. The molecule has 0 N–H and O–H groups in total. The number of hydrogen-bond acceptors (Lipinski definition) is 2. The van der Waals surface area contributed by atoms with Crippen LogP contribution in [-0.2, 0) is 8.85 Å². The second-order valence-electron chi connectivity index (χ2n) is 3.10. The van der Waals surface area contributed by atoms with Crippen molar-refractivity contribution in [3.8, 4) is 0 Å². The monoisotopic (exact) mass is 202 g/mol. The summed E-state index contributed by atoms with van der Waals surface area (Å²) >= 11 is 0. The van der Waals surface area contributed by atoms with Crippen molar-refractivity contribution < 1.29 is 8.85 Å².